The summed E-state index contributed by atoms with van der Waals surface area (Å²) >= 11 is 0. The van der Waals surface area contributed by atoms with E-state index in [0.29, 0.717) is 38.6 Å². The number of benzene rings is 1. The molecule has 0 spiro atoms. The van der Waals surface area contributed by atoms with Crippen LogP contribution < -0.4 is 15.8 Å². The average Bonchev–Trinajstić information content (AvgIpc) is 3.16. The summed E-state index contributed by atoms with van der Waals surface area (Å²) < 4.78 is 5.60. The molecule has 0 bridgehead atoms. The highest BCUT2D eigenvalue weighted by atomic mass is 35.5. The molecule has 1 saturated heterocycles. The zero-order chi connectivity index (χ0) is 19.1. The zero-order valence-corrected chi connectivity index (χ0v) is 17.2. The van der Waals surface area contributed by atoms with Crippen LogP contribution in [0.25, 0.3) is 0 Å². The molecule has 2 fully saturated rings. The maximum Gasteiger partial charge on any atom is 0.225 e. The number of nitrogens with two attached hydrogens (primary N) is 1. The van der Waals surface area contributed by atoms with Crippen molar-refractivity contribution in [3.05, 3.63) is 30.3 Å². The monoisotopic (exact) mass is 409 g/mol. The molecule has 1 saturated carbocycles. The number of para-hydroxylation sites is 1. The highest BCUT2D eigenvalue weighted by Crippen LogP contribution is 2.26. The van der Waals surface area contributed by atoms with Crippen LogP contribution in [0.4, 0.5) is 0 Å². The summed E-state index contributed by atoms with van der Waals surface area (Å²) in [5.41, 5.74) is 5.80. The van der Waals surface area contributed by atoms with Gasteiger partial charge in [0.2, 0.25) is 11.8 Å². The number of rotatable bonds is 7. The Morgan fingerprint density at radius 1 is 1.11 bits per heavy atom. The predicted molar refractivity (Wildman–Crippen MR) is 111 cm³/mol. The van der Waals surface area contributed by atoms with Crippen LogP contribution in [0.3, 0.4) is 0 Å². The summed E-state index contributed by atoms with van der Waals surface area (Å²) in [5, 5.41) is 3.20. The molecule has 156 valence electrons. The Kier molecular flexibility index (Phi) is 9.06. The lowest BCUT2D eigenvalue weighted by molar-refractivity contribution is -0.136. The van der Waals surface area contributed by atoms with E-state index in [1.54, 1.807) is 0 Å². The number of likely N-dealkylation sites (tertiary alicyclic amines) is 1. The molecular weight excluding hydrogens is 378 g/mol. The first-order chi connectivity index (χ1) is 13.2. The number of carbonyl (C=O) groups is 2. The minimum Gasteiger partial charge on any atom is -0.493 e. The fourth-order valence-electron chi connectivity index (χ4n) is 4.13. The standard InChI is InChI=1S/C21H31N3O3.ClH/c22-15-17-5-4-8-19(17)23-21(26)16-9-12-24(13-10-16)20(25)11-14-27-18-6-2-1-3-7-18;/h1-3,6-7,16-17,19H,4-5,8-15,22H2,(H,23,26);1H. The minimum atomic E-state index is 0. The fourth-order valence-corrected chi connectivity index (χ4v) is 4.13. The summed E-state index contributed by atoms with van der Waals surface area (Å²) in [6.45, 7) is 2.31. The molecule has 7 heteroatoms. The first-order valence-corrected chi connectivity index (χ1v) is 10.1. The lowest BCUT2D eigenvalue weighted by Crippen LogP contribution is -2.47. The largest absolute Gasteiger partial charge is 0.493 e. The fraction of sp³-hybridized carbons (Fsp3) is 0.619. The van der Waals surface area contributed by atoms with Crippen LogP contribution in [0.15, 0.2) is 30.3 Å². The molecule has 1 aromatic carbocycles. The molecule has 1 aliphatic carbocycles. The van der Waals surface area contributed by atoms with E-state index >= 15 is 0 Å². The highest BCUT2D eigenvalue weighted by Gasteiger charge is 2.32. The Balaban J connectivity index is 0.00000280. The number of hydrogen-bond acceptors (Lipinski definition) is 4. The SMILES string of the molecule is Cl.NCC1CCCC1NC(=O)C1CCN(C(=O)CCOc2ccccc2)CC1. The average molecular weight is 410 g/mol. The Bertz CT molecular complexity index is 621. The molecule has 28 heavy (non-hydrogen) atoms. The van der Waals surface area contributed by atoms with Crippen LogP contribution in [0.2, 0.25) is 0 Å². The second kappa shape index (κ2) is 11.3. The summed E-state index contributed by atoms with van der Waals surface area (Å²) in [7, 11) is 0. The molecule has 3 N–H and O–H groups in total. The summed E-state index contributed by atoms with van der Waals surface area (Å²) in [6.07, 6.45) is 5.12. The maximum absolute atomic E-state index is 12.5. The number of ether oxygens (including phenoxy) is 1. The molecule has 0 aromatic heterocycles. The predicted octanol–water partition coefficient (Wildman–Crippen LogP) is 2.36. The van der Waals surface area contributed by atoms with E-state index in [-0.39, 0.29) is 36.2 Å². The van der Waals surface area contributed by atoms with Crippen molar-refractivity contribution >= 4 is 24.2 Å². The zero-order valence-electron chi connectivity index (χ0n) is 16.3. The van der Waals surface area contributed by atoms with Crippen molar-refractivity contribution in [3.8, 4) is 5.75 Å². The minimum absolute atomic E-state index is 0. The van der Waals surface area contributed by atoms with E-state index in [2.05, 4.69) is 5.32 Å². The first-order valence-electron chi connectivity index (χ1n) is 10.1. The second-order valence-electron chi connectivity index (χ2n) is 7.61. The molecule has 3 rings (SSSR count). The van der Waals surface area contributed by atoms with E-state index in [1.165, 1.54) is 0 Å². The smallest absolute Gasteiger partial charge is 0.225 e. The van der Waals surface area contributed by atoms with Crippen LogP contribution in [0, 0.1) is 11.8 Å². The van der Waals surface area contributed by atoms with Crippen molar-refractivity contribution in [2.75, 3.05) is 26.2 Å². The van der Waals surface area contributed by atoms with Crippen molar-refractivity contribution in [1.29, 1.82) is 0 Å². The van der Waals surface area contributed by atoms with Gasteiger partial charge in [-0.3, -0.25) is 9.59 Å². The van der Waals surface area contributed by atoms with Gasteiger partial charge in [-0.2, -0.15) is 0 Å². The van der Waals surface area contributed by atoms with E-state index in [9.17, 15) is 9.59 Å². The van der Waals surface area contributed by atoms with Gasteiger partial charge in [-0.05, 0) is 50.3 Å². The van der Waals surface area contributed by atoms with Crippen LogP contribution in [-0.2, 0) is 9.59 Å². The lowest BCUT2D eigenvalue weighted by atomic mass is 9.94. The highest BCUT2D eigenvalue weighted by molar-refractivity contribution is 5.85. The van der Waals surface area contributed by atoms with E-state index in [1.807, 2.05) is 35.2 Å². The lowest BCUT2D eigenvalue weighted by Gasteiger charge is -2.32. The van der Waals surface area contributed by atoms with Crippen molar-refractivity contribution in [3.63, 3.8) is 0 Å². The Labute approximate surface area is 173 Å². The Hall–Kier alpha value is -1.79. The molecule has 2 unspecified atom stereocenters. The topological polar surface area (TPSA) is 84.7 Å². The van der Waals surface area contributed by atoms with Gasteiger partial charge >= 0.3 is 0 Å². The van der Waals surface area contributed by atoms with Gasteiger partial charge in [-0.1, -0.05) is 24.6 Å². The van der Waals surface area contributed by atoms with Crippen molar-refractivity contribution < 1.29 is 14.3 Å². The maximum atomic E-state index is 12.5. The van der Waals surface area contributed by atoms with Crippen LogP contribution >= 0.6 is 12.4 Å². The second-order valence-corrected chi connectivity index (χ2v) is 7.61. The quantitative estimate of drug-likeness (QED) is 0.724. The van der Waals surface area contributed by atoms with Gasteiger partial charge in [0.15, 0.2) is 0 Å². The van der Waals surface area contributed by atoms with Gasteiger partial charge in [0.25, 0.3) is 0 Å². The number of amides is 2. The third-order valence-corrected chi connectivity index (χ3v) is 5.84. The normalized spacial score (nSPS) is 22.4. The summed E-state index contributed by atoms with van der Waals surface area (Å²) in [4.78, 5) is 26.8. The first kappa shape index (κ1) is 22.5. The molecule has 1 aliphatic heterocycles. The number of halogens is 1. The number of nitrogens with one attached hydrogen (secondary N) is 1. The third kappa shape index (κ3) is 6.11. The van der Waals surface area contributed by atoms with Gasteiger partial charge in [0, 0.05) is 25.0 Å². The van der Waals surface area contributed by atoms with Crippen LogP contribution in [0.1, 0.15) is 38.5 Å². The molecule has 1 heterocycles. The number of piperidine rings is 1. The van der Waals surface area contributed by atoms with Crippen LogP contribution in [0.5, 0.6) is 5.75 Å². The Morgan fingerprint density at radius 3 is 2.50 bits per heavy atom. The van der Waals surface area contributed by atoms with E-state index in [4.69, 9.17) is 10.5 Å². The molecule has 2 aliphatic rings. The molecule has 1 aromatic rings. The van der Waals surface area contributed by atoms with E-state index in [0.717, 1.165) is 37.9 Å². The van der Waals surface area contributed by atoms with Gasteiger partial charge in [0.1, 0.15) is 5.75 Å². The van der Waals surface area contributed by atoms with Gasteiger partial charge in [-0.25, -0.2) is 0 Å². The van der Waals surface area contributed by atoms with E-state index < -0.39 is 0 Å². The van der Waals surface area contributed by atoms with Crippen molar-refractivity contribution in [2.24, 2.45) is 17.6 Å². The molecule has 2 atom stereocenters. The summed E-state index contributed by atoms with van der Waals surface area (Å²) in [6, 6.07) is 9.75. The number of nitrogens with zero attached hydrogens (tertiary/aromatic N) is 1. The van der Waals surface area contributed by atoms with Crippen LogP contribution in [-0.4, -0.2) is 49.0 Å². The summed E-state index contributed by atoms with van der Waals surface area (Å²) in [5.74, 6) is 1.45. The number of carbonyl (C=O) groups excluding carboxylic acids is 2. The Morgan fingerprint density at radius 2 is 1.82 bits per heavy atom. The van der Waals surface area contributed by atoms with Gasteiger partial charge in [-0.15, -0.1) is 12.4 Å². The number of hydrogen-bond donors (Lipinski definition) is 2. The molecule has 0 radical (unpaired) electrons. The van der Waals surface area contributed by atoms with Crippen molar-refractivity contribution in [2.45, 2.75) is 44.6 Å². The van der Waals surface area contributed by atoms with Gasteiger partial charge in [0.05, 0.1) is 13.0 Å². The molecule has 6 nitrogen and oxygen atoms in total. The van der Waals surface area contributed by atoms with Crippen molar-refractivity contribution in [1.82, 2.24) is 10.2 Å². The van der Waals surface area contributed by atoms with Gasteiger partial charge < -0.3 is 20.7 Å². The third-order valence-electron chi connectivity index (χ3n) is 5.84. The molecule has 2 amide bonds. The molecular formula is C21H32ClN3O3.